The molecule has 0 unspecified atom stereocenters. The molecular formula is C26H32FN3O5. The first kappa shape index (κ1) is 26.3. The number of ether oxygens (including phenoxy) is 1. The molecular weight excluding hydrogens is 453 g/mol. The number of nitro groups is 1. The van der Waals surface area contributed by atoms with Crippen LogP contribution < -0.4 is 5.32 Å². The zero-order valence-corrected chi connectivity index (χ0v) is 20.3. The fourth-order valence-corrected chi connectivity index (χ4v) is 4.25. The number of carbonyl (C=O) groups excluding carboxylic acids is 2. The van der Waals surface area contributed by atoms with Crippen LogP contribution >= 0.6 is 0 Å². The number of non-ortho nitro benzene ring substituents is 1. The van der Waals surface area contributed by atoms with E-state index in [-0.39, 0.29) is 29.2 Å². The molecule has 1 atom stereocenters. The summed E-state index contributed by atoms with van der Waals surface area (Å²) in [5.41, 5.74) is 0.837. The van der Waals surface area contributed by atoms with Crippen LogP contribution in [0.1, 0.15) is 49.5 Å². The third kappa shape index (κ3) is 7.85. The van der Waals surface area contributed by atoms with Crippen LogP contribution in [0.5, 0.6) is 0 Å². The van der Waals surface area contributed by atoms with E-state index in [1.165, 1.54) is 36.4 Å². The molecule has 1 amide bonds. The first-order valence-corrected chi connectivity index (χ1v) is 11.8. The zero-order valence-electron chi connectivity index (χ0n) is 20.3. The molecule has 8 nitrogen and oxygen atoms in total. The van der Waals surface area contributed by atoms with Crippen LogP contribution in [0, 0.1) is 21.8 Å². The Labute approximate surface area is 204 Å². The highest BCUT2D eigenvalue weighted by Crippen LogP contribution is 2.25. The van der Waals surface area contributed by atoms with Gasteiger partial charge in [-0.15, -0.1) is 0 Å². The van der Waals surface area contributed by atoms with Gasteiger partial charge in [0, 0.05) is 36.2 Å². The van der Waals surface area contributed by atoms with Crippen LogP contribution in [0.25, 0.3) is 0 Å². The molecule has 9 heteroatoms. The fraction of sp³-hybridized carbons (Fsp3) is 0.462. The second kappa shape index (κ2) is 11.4. The van der Waals surface area contributed by atoms with Crippen LogP contribution in [0.3, 0.4) is 0 Å². The Hall–Kier alpha value is -3.33. The lowest BCUT2D eigenvalue weighted by Crippen LogP contribution is -2.49. The van der Waals surface area contributed by atoms with E-state index in [1.54, 1.807) is 32.9 Å². The van der Waals surface area contributed by atoms with Crippen molar-refractivity contribution in [1.82, 2.24) is 10.2 Å². The molecule has 1 heterocycles. The lowest BCUT2D eigenvalue weighted by Gasteiger charge is -2.37. The number of halogens is 1. The Morgan fingerprint density at radius 2 is 1.71 bits per heavy atom. The summed E-state index contributed by atoms with van der Waals surface area (Å²) in [6, 6.07) is 12.0. The van der Waals surface area contributed by atoms with Gasteiger partial charge in [0.15, 0.2) is 5.78 Å². The van der Waals surface area contributed by atoms with Gasteiger partial charge >= 0.3 is 6.09 Å². The molecule has 1 aliphatic heterocycles. The van der Waals surface area contributed by atoms with Crippen LogP contribution in [0.15, 0.2) is 48.5 Å². The summed E-state index contributed by atoms with van der Waals surface area (Å²) in [6.07, 6.45) is 1.37. The predicted molar refractivity (Wildman–Crippen MR) is 130 cm³/mol. The molecule has 2 aromatic rings. The molecule has 35 heavy (non-hydrogen) atoms. The Bertz CT molecular complexity index is 1030. The molecule has 1 fully saturated rings. The van der Waals surface area contributed by atoms with Gasteiger partial charge in [0.05, 0.1) is 4.92 Å². The van der Waals surface area contributed by atoms with Gasteiger partial charge in [0.2, 0.25) is 0 Å². The third-order valence-corrected chi connectivity index (χ3v) is 6.04. The van der Waals surface area contributed by atoms with Crippen molar-refractivity contribution in [3.05, 3.63) is 75.6 Å². The second-order valence-corrected chi connectivity index (χ2v) is 9.85. The molecule has 1 N–H and O–H groups in total. The zero-order chi connectivity index (χ0) is 25.6. The maximum Gasteiger partial charge on any atom is 0.407 e. The molecule has 0 aliphatic carbocycles. The molecule has 3 rings (SSSR count). The largest absolute Gasteiger partial charge is 0.444 e. The molecule has 188 valence electrons. The van der Waals surface area contributed by atoms with Crippen molar-refractivity contribution < 1.29 is 23.6 Å². The maximum atomic E-state index is 13.2. The topological polar surface area (TPSA) is 102 Å². The quantitative estimate of drug-likeness (QED) is 0.328. The van der Waals surface area contributed by atoms with Gasteiger partial charge in [-0.05, 0) is 83.0 Å². The number of nitro benzene ring substituents is 1. The standard InChI is InChI=1S/C26H32FN3O5/c1-26(2,3)35-25(32)28-17-23(16-18-4-10-22(11-5-18)30(33)34)29-14-12-20(13-15-29)24(31)19-6-8-21(27)9-7-19/h4-11,20,23H,12-17H2,1-3H3,(H,28,32)/t23-/m0/s1. The monoisotopic (exact) mass is 485 g/mol. The number of Topliss-reactive ketones (excluding diaryl/α,β-unsaturated/α-hetero) is 1. The van der Waals surface area contributed by atoms with E-state index in [1.807, 2.05) is 0 Å². The first-order valence-electron chi connectivity index (χ1n) is 11.8. The highest BCUT2D eigenvalue weighted by atomic mass is 19.1. The second-order valence-electron chi connectivity index (χ2n) is 9.85. The number of nitrogens with one attached hydrogen (secondary N) is 1. The Morgan fingerprint density at radius 1 is 1.11 bits per heavy atom. The van der Waals surface area contributed by atoms with Crippen molar-refractivity contribution in [2.24, 2.45) is 5.92 Å². The number of nitrogens with zero attached hydrogens (tertiary/aromatic N) is 2. The van der Waals surface area contributed by atoms with E-state index < -0.39 is 16.6 Å². The number of alkyl carbamates (subject to hydrolysis) is 1. The number of likely N-dealkylation sites (tertiary alicyclic amines) is 1. The Balaban J connectivity index is 1.66. The number of benzene rings is 2. The number of rotatable bonds is 8. The molecule has 0 spiro atoms. The average molecular weight is 486 g/mol. The van der Waals surface area contributed by atoms with Crippen LogP contribution in [0.4, 0.5) is 14.9 Å². The first-order chi connectivity index (χ1) is 16.5. The van der Waals surface area contributed by atoms with E-state index >= 15 is 0 Å². The molecule has 2 aromatic carbocycles. The molecule has 0 aromatic heterocycles. The number of ketones is 1. The molecule has 0 saturated carbocycles. The van der Waals surface area contributed by atoms with Gasteiger partial charge in [-0.3, -0.25) is 19.8 Å². The average Bonchev–Trinajstić information content (AvgIpc) is 2.81. The number of hydrogen-bond donors (Lipinski definition) is 1. The van der Waals surface area contributed by atoms with E-state index in [2.05, 4.69) is 10.2 Å². The van der Waals surface area contributed by atoms with Gasteiger partial charge in [-0.2, -0.15) is 0 Å². The minimum absolute atomic E-state index is 0.0171. The fourth-order valence-electron chi connectivity index (χ4n) is 4.25. The Morgan fingerprint density at radius 3 is 2.26 bits per heavy atom. The van der Waals surface area contributed by atoms with Crippen LogP contribution in [0.2, 0.25) is 0 Å². The SMILES string of the molecule is CC(C)(C)OC(=O)NC[C@H](Cc1ccc([N+](=O)[O-])cc1)N1CCC(C(=O)c2ccc(F)cc2)CC1. The van der Waals surface area contributed by atoms with Gasteiger partial charge in [-0.1, -0.05) is 12.1 Å². The van der Waals surface area contributed by atoms with Crippen LogP contribution in [-0.2, 0) is 11.2 Å². The van der Waals surface area contributed by atoms with Gasteiger partial charge in [0.25, 0.3) is 5.69 Å². The molecule has 1 aliphatic rings. The maximum absolute atomic E-state index is 13.2. The summed E-state index contributed by atoms with van der Waals surface area (Å²) in [5, 5.41) is 13.8. The summed E-state index contributed by atoms with van der Waals surface area (Å²) >= 11 is 0. The summed E-state index contributed by atoms with van der Waals surface area (Å²) < 4.78 is 18.6. The number of hydrogen-bond acceptors (Lipinski definition) is 6. The number of amides is 1. The van der Waals surface area contributed by atoms with Crippen molar-refractivity contribution in [3.63, 3.8) is 0 Å². The van der Waals surface area contributed by atoms with E-state index in [9.17, 15) is 24.1 Å². The third-order valence-electron chi connectivity index (χ3n) is 6.04. The van der Waals surface area contributed by atoms with Crippen molar-refractivity contribution >= 4 is 17.6 Å². The summed E-state index contributed by atoms with van der Waals surface area (Å²) in [5.74, 6) is -0.498. The minimum atomic E-state index is -0.614. The Kier molecular flexibility index (Phi) is 8.56. The smallest absolute Gasteiger partial charge is 0.407 e. The highest BCUT2D eigenvalue weighted by Gasteiger charge is 2.30. The predicted octanol–water partition coefficient (Wildman–Crippen LogP) is 4.76. The lowest BCUT2D eigenvalue weighted by molar-refractivity contribution is -0.384. The van der Waals surface area contributed by atoms with E-state index in [0.29, 0.717) is 44.5 Å². The van der Waals surface area contributed by atoms with Gasteiger partial charge in [-0.25, -0.2) is 9.18 Å². The number of piperidine rings is 1. The number of carbonyl (C=O) groups is 2. The van der Waals surface area contributed by atoms with Crippen molar-refractivity contribution in [1.29, 1.82) is 0 Å². The molecule has 0 bridgehead atoms. The van der Waals surface area contributed by atoms with Gasteiger partial charge < -0.3 is 10.1 Å². The lowest BCUT2D eigenvalue weighted by atomic mass is 9.88. The molecule has 1 saturated heterocycles. The van der Waals surface area contributed by atoms with Crippen molar-refractivity contribution in [3.8, 4) is 0 Å². The summed E-state index contributed by atoms with van der Waals surface area (Å²) in [4.78, 5) is 37.8. The van der Waals surface area contributed by atoms with E-state index in [4.69, 9.17) is 4.74 Å². The van der Waals surface area contributed by atoms with Crippen LogP contribution in [-0.4, -0.2) is 53.0 Å². The minimum Gasteiger partial charge on any atom is -0.444 e. The molecule has 0 radical (unpaired) electrons. The summed E-state index contributed by atoms with van der Waals surface area (Å²) in [7, 11) is 0. The van der Waals surface area contributed by atoms with Gasteiger partial charge in [0.1, 0.15) is 11.4 Å². The highest BCUT2D eigenvalue weighted by molar-refractivity contribution is 5.97. The normalized spacial score (nSPS) is 15.9. The van der Waals surface area contributed by atoms with Crippen molar-refractivity contribution in [2.45, 2.75) is 51.7 Å². The van der Waals surface area contributed by atoms with E-state index in [0.717, 1.165) is 5.56 Å². The van der Waals surface area contributed by atoms with Crippen molar-refractivity contribution in [2.75, 3.05) is 19.6 Å². The summed E-state index contributed by atoms with van der Waals surface area (Å²) in [6.45, 7) is 7.04.